The van der Waals surface area contributed by atoms with Crippen LogP contribution in [0.2, 0.25) is 0 Å². The smallest absolute Gasteiger partial charge is 0.163 e. The Bertz CT molecular complexity index is 656. The van der Waals surface area contributed by atoms with Crippen molar-refractivity contribution in [2.24, 2.45) is 0 Å². The van der Waals surface area contributed by atoms with Crippen LogP contribution in [0.4, 0.5) is 0 Å². The fraction of sp³-hybridized carbons (Fsp3) is 0.278. The lowest BCUT2D eigenvalue weighted by atomic mass is 9.97. The van der Waals surface area contributed by atoms with Crippen LogP contribution in [-0.2, 0) is 6.42 Å². The standard InChI is InChI=1S/C18H18O2/c1-12(2)20-14-6-3-5-13(11-14)15-7-4-8-17-16(15)9-10-18(17)19/h3-8,11-12H,9-10H2,1-2H3. The monoisotopic (exact) mass is 266 g/mol. The summed E-state index contributed by atoms with van der Waals surface area (Å²) in [7, 11) is 0. The van der Waals surface area contributed by atoms with Crippen molar-refractivity contribution >= 4 is 5.78 Å². The molecular formula is C18H18O2. The van der Waals surface area contributed by atoms with E-state index in [1.165, 1.54) is 5.56 Å². The average molecular weight is 266 g/mol. The lowest BCUT2D eigenvalue weighted by molar-refractivity contribution is 0.0994. The number of fused-ring (bicyclic) bond motifs is 1. The number of rotatable bonds is 3. The van der Waals surface area contributed by atoms with Crippen molar-refractivity contribution in [3.8, 4) is 16.9 Å². The van der Waals surface area contributed by atoms with Gasteiger partial charge in [0.15, 0.2) is 5.78 Å². The third-order valence-corrected chi connectivity index (χ3v) is 3.60. The van der Waals surface area contributed by atoms with Crippen molar-refractivity contribution in [2.45, 2.75) is 32.8 Å². The first-order chi connectivity index (χ1) is 9.65. The molecule has 0 atom stereocenters. The Balaban J connectivity index is 2.04. The molecule has 0 N–H and O–H groups in total. The second kappa shape index (κ2) is 5.12. The van der Waals surface area contributed by atoms with Crippen LogP contribution >= 0.6 is 0 Å². The zero-order valence-corrected chi connectivity index (χ0v) is 11.8. The van der Waals surface area contributed by atoms with Crippen LogP contribution < -0.4 is 4.74 Å². The molecule has 0 fully saturated rings. The predicted octanol–water partition coefficient (Wildman–Crippen LogP) is 4.27. The van der Waals surface area contributed by atoms with E-state index in [4.69, 9.17) is 4.74 Å². The fourth-order valence-corrected chi connectivity index (χ4v) is 2.77. The minimum Gasteiger partial charge on any atom is -0.491 e. The molecule has 2 heteroatoms. The highest BCUT2D eigenvalue weighted by molar-refractivity contribution is 6.02. The summed E-state index contributed by atoms with van der Waals surface area (Å²) in [4.78, 5) is 11.8. The molecule has 0 saturated heterocycles. The van der Waals surface area contributed by atoms with Crippen molar-refractivity contribution in [2.75, 3.05) is 0 Å². The molecule has 0 heterocycles. The molecule has 0 aromatic heterocycles. The van der Waals surface area contributed by atoms with Gasteiger partial charge in [-0.05, 0) is 49.1 Å². The SMILES string of the molecule is CC(C)Oc1cccc(-c2cccc3c2CCC3=O)c1. The zero-order valence-electron chi connectivity index (χ0n) is 11.8. The number of ketones is 1. The van der Waals surface area contributed by atoms with Gasteiger partial charge in [-0.1, -0.05) is 30.3 Å². The minimum atomic E-state index is 0.160. The summed E-state index contributed by atoms with van der Waals surface area (Å²) in [6.07, 6.45) is 1.64. The van der Waals surface area contributed by atoms with E-state index < -0.39 is 0 Å². The molecule has 0 spiro atoms. The molecule has 1 aliphatic carbocycles. The van der Waals surface area contributed by atoms with E-state index in [0.717, 1.165) is 28.9 Å². The second-order valence-corrected chi connectivity index (χ2v) is 5.45. The maximum atomic E-state index is 11.8. The number of carbonyl (C=O) groups is 1. The van der Waals surface area contributed by atoms with Crippen molar-refractivity contribution in [1.82, 2.24) is 0 Å². The minimum absolute atomic E-state index is 0.160. The Kier molecular flexibility index (Phi) is 3.31. The van der Waals surface area contributed by atoms with Crippen LogP contribution in [-0.4, -0.2) is 11.9 Å². The van der Waals surface area contributed by atoms with E-state index in [-0.39, 0.29) is 11.9 Å². The third-order valence-electron chi connectivity index (χ3n) is 3.60. The van der Waals surface area contributed by atoms with Crippen LogP contribution in [0.25, 0.3) is 11.1 Å². The number of carbonyl (C=O) groups excluding carboxylic acids is 1. The van der Waals surface area contributed by atoms with Crippen LogP contribution in [0.3, 0.4) is 0 Å². The van der Waals surface area contributed by atoms with Crippen LogP contribution in [0.1, 0.15) is 36.2 Å². The molecule has 2 aromatic carbocycles. The highest BCUT2D eigenvalue weighted by atomic mass is 16.5. The van der Waals surface area contributed by atoms with Gasteiger partial charge in [0, 0.05) is 12.0 Å². The van der Waals surface area contributed by atoms with Crippen LogP contribution in [0.5, 0.6) is 5.75 Å². The lowest BCUT2D eigenvalue weighted by Gasteiger charge is -2.12. The van der Waals surface area contributed by atoms with Gasteiger partial charge in [-0.3, -0.25) is 4.79 Å². The second-order valence-electron chi connectivity index (χ2n) is 5.45. The van der Waals surface area contributed by atoms with Crippen molar-refractivity contribution in [1.29, 1.82) is 0 Å². The summed E-state index contributed by atoms with van der Waals surface area (Å²) in [6.45, 7) is 4.04. The Hall–Kier alpha value is -2.09. The molecule has 1 aliphatic rings. The summed E-state index contributed by atoms with van der Waals surface area (Å²) in [6, 6.07) is 14.1. The summed E-state index contributed by atoms with van der Waals surface area (Å²) < 4.78 is 5.75. The molecule has 2 nitrogen and oxygen atoms in total. The number of benzene rings is 2. The van der Waals surface area contributed by atoms with Gasteiger partial charge in [0.2, 0.25) is 0 Å². The van der Waals surface area contributed by atoms with Gasteiger partial charge in [0.25, 0.3) is 0 Å². The average Bonchev–Trinajstić information content (AvgIpc) is 2.80. The number of hydrogen-bond donors (Lipinski definition) is 0. The molecule has 3 rings (SSSR count). The van der Waals surface area contributed by atoms with Gasteiger partial charge in [0.05, 0.1) is 6.10 Å². The topological polar surface area (TPSA) is 26.3 Å². The van der Waals surface area contributed by atoms with Crippen LogP contribution in [0, 0.1) is 0 Å². The summed E-state index contributed by atoms with van der Waals surface area (Å²) in [5, 5.41) is 0. The summed E-state index contributed by atoms with van der Waals surface area (Å²) in [5.74, 6) is 1.14. The van der Waals surface area contributed by atoms with Gasteiger partial charge in [0.1, 0.15) is 5.75 Å². The van der Waals surface area contributed by atoms with E-state index in [2.05, 4.69) is 18.2 Å². The highest BCUT2D eigenvalue weighted by Crippen LogP contribution is 2.33. The highest BCUT2D eigenvalue weighted by Gasteiger charge is 2.22. The third kappa shape index (κ3) is 2.34. The van der Waals surface area contributed by atoms with Crippen molar-refractivity contribution in [3.63, 3.8) is 0 Å². The first-order valence-electron chi connectivity index (χ1n) is 7.07. The van der Waals surface area contributed by atoms with Gasteiger partial charge in [-0.15, -0.1) is 0 Å². The van der Waals surface area contributed by atoms with Crippen molar-refractivity contribution < 1.29 is 9.53 Å². The molecule has 102 valence electrons. The molecule has 0 radical (unpaired) electrons. The maximum absolute atomic E-state index is 11.8. The van der Waals surface area contributed by atoms with Gasteiger partial charge in [-0.2, -0.15) is 0 Å². The Morgan fingerprint density at radius 1 is 1.00 bits per heavy atom. The first kappa shape index (κ1) is 12.9. The van der Waals surface area contributed by atoms with E-state index >= 15 is 0 Å². The largest absolute Gasteiger partial charge is 0.491 e. The zero-order chi connectivity index (χ0) is 14.1. The number of Topliss-reactive ketones (excluding diaryl/α,β-unsaturated/α-hetero) is 1. The van der Waals surface area contributed by atoms with Crippen molar-refractivity contribution in [3.05, 3.63) is 53.6 Å². The first-order valence-corrected chi connectivity index (χ1v) is 7.07. The quantitative estimate of drug-likeness (QED) is 0.829. The predicted molar refractivity (Wildman–Crippen MR) is 80.3 cm³/mol. The van der Waals surface area contributed by atoms with E-state index in [9.17, 15) is 4.79 Å². The fourth-order valence-electron chi connectivity index (χ4n) is 2.77. The van der Waals surface area contributed by atoms with E-state index in [0.29, 0.717) is 6.42 Å². The van der Waals surface area contributed by atoms with Gasteiger partial charge >= 0.3 is 0 Å². The lowest BCUT2D eigenvalue weighted by Crippen LogP contribution is -2.05. The summed E-state index contributed by atoms with van der Waals surface area (Å²) >= 11 is 0. The summed E-state index contributed by atoms with van der Waals surface area (Å²) in [5.41, 5.74) is 4.34. The Morgan fingerprint density at radius 3 is 2.55 bits per heavy atom. The Labute approximate surface area is 119 Å². The number of hydrogen-bond acceptors (Lipinski definition) is 2. The molecule has 0 amide bonds. The molecule has 0 aliphatic heterocycles. The Morgan fingerprint density at radius 2 is 1.75 bits per heavy atom. The molecular weight excluding hydrogens is 248 g/mol. The van der Waals surface area contributed by atoms with Crippen LogP contribution in [0.15, 0.2) is 42.5 Å². The van der Waals surface area contributed by atoms with Gasteiger partial charge < -0.3 is 4.74 Å². The molecule has 0 saturated carbocycles. The molecule has 0 unspecified atom stereocenters. The molecule has 20 heavy (non-hydrogen) atoms. The normalized spacial score (nSPS) is 13.7. The van der Waals surface area contributed by atoms with Gasteiger partial charge in [-0.25, -0.2) is 0 Å². The molecule has 0 bridgehead atoms. The number of ether oxygens (including phenoxy) is 1. The molecule has 2 aromatic rings. The van der Waals surface area contributed by atoms with E-state index in [1.807, 2.05) is 38.1 Å². The maximum Gasteiger partial charge on any atom is 0.163 e. The van der Waals surface area contributed by atoms with E-state index in [1.54, 1.807) is 0 Å².